The van der Waals surface area contributed by atoms with Crippen LogP contribution in [0, 0.1) is 18.3 Å². The van der Waals surface area contributed by atoms with Gasteiger partial charge in [-0.15, -0.1) is 6.42 Å². The highest BCUT2D eigenvalue weighted by atomic mass is 16.5. The first-order chi connectivity index (χ1) is 6.29. The molecule has 0 bridgehead atoms. The number of carbonyl (C=O) groups is 1. The molecule has 1 aliphatic rings. The minimum absolute atomic E-state index is 0.166. The van der Waals surface area contributed by atoms with Crippen molar-refractivity contribution in [2.45, 2.75) is 25.8 Å². The van der Waals surface area contributed by atoms with Gasteiger partial charge in [0, 0.05) is 0 Å². The van der Waals surface area contributed by atoms with Gasteiger partial charge in [-0.2, -0.15) is 0 Å². The van der Waals surface area contributed by atoms with Crippen molar-refractivity contribution in [2.75, 3.05) is 13.2 Å². The van der Waals surface area contributed by atoms with E-state index in [4.69, 9.17) is 11.2 Å². The highest BCUT2D eigenvalue weighted by Gasteiger charge is 2.36. The van der Waals surface area contributed by atoms with E-state index in [0.717, 1.165) is 12.8 Å². The molecular formula is C10H15NO2. The van der Waals surface area contributed by atoms with Crippen LogP contribution < -0.4 is 5.32 Å². The van der Waals surface area contributed by atoms with Gasteiger partial charge in [0.05, 0.1) is 13.2 Å². The summed E-state index contributed by atoms with van der Waals surface area (Å²) in [7, 11) is 0. The minimum atomic E-state index is -0.184. The molecule has 0 radical (unpaired) electrons. The largest absolute Gasteiger partial charge is 0.465 e. The first-order valence-electron chi connectivity index (χ1n) is 4.63. The van der Waals surface area contributed by atoms with E-state index in [9.17, 15) is 4.79 Å². The Morgan fingerprint density at radius 1 is 1.77 bits per heavy atom. The second-order valence-electron chi connectivity index (χ2n) is 3.15. The van der Waals surface area contributed by atoms with Crippen LogP contribution in [0.5, 0.6) is 0 Å². The van der Waals surface area contributed by atoms with E-state index >= 15 is 0 Å². The predicted octanol–water partition coefficient (Wildman–Crippen LogP) is 0.551. The van der Waals surface area contributed by atoms with E-state index in [-0.39, 0.29) is 12.0 Å². The zero-order chi connectivity index (χ0) is 9.68. The van der Waals surface area contributed by atoms with Crippen LogP contribution in [0.15, 0.2) is 0 Å². The van der Waals surface area contributed by atoms with E-state index in [1.54, 1.807) is 0 Å². The lowest BCUT2D eigenvalue weighted by Crippen LogP contribution is -2.40. The fourth-order valence-corrected chi connectivity index (χ4v) is 1.27. The third-order valence-electron chi connectivity index (χ3n) is 2.06. The SMILES string of the molecule is C#CCNC(C(=O)OCC)C1CC1. The van der Waals surface area contributed by atoms with Gasteiger partial charge in [-0.1, -0.05) is 5.92 Å². The smallest absolute Gasteiger partial charge is 0.323 e. The number of rotatable bonds is 5. The molecule has 3 heteroatoms. The standard InChI is InChI=1S/C10H15NO2/c1-3-7-11-9(8-5-6-8)10(12)13-4-2/h1,8-9,11H,4-7H2,2H3. The van der Waals surface area contributed by atoms with Crippen molar-refractivity contribution in [1.82, 2.24) is 5.32 Å². The molecule has 1 saturated carbocycles. The number of terminal acetylenes is 1. The topological polar surface area (TPSA) is 38.3 Å². The molecule has 0 aromatic rings. The summed E-state index contributed by atoms with van der Waals surface area (Å²) >= 11 is 0. The molecule has 13 heavy (non-hydrogen) atoms. The molecule has 0 amide bonds. The van der Waals surface area contributed by atoms with Crippen molar-refractivity contribution >= 4 is 5.97 Å². The van der Waals surface area contributed by atoms with E-state index in [0.29, 0.717) is 19.1 Å². The summed E-state index contributed by atoms with van der Waals surface area (Å²) < 4.78 is 4.93. The van der Waals surface area contributed by atoms with E-state index in [1.807, 2.05) is 6.92 Å². The summed E-state index contributed by atoms with van der Waals surface area (Å²) in [6.45, 7) is 2.67. The molecule has 1 rings (SSSR count). The van der Waals surface area contributed by atoms with Crippen LogP contribution in [-0.4, -0.2) is 25.2 Å². The average molecular weight is 181 g/mol. The molecule has 72 valence electrons. The number of esters is 1. The van der Waals surface area contributed by atoms with Crippen molar-refractivity contribution in [2.24, 2.45) is 5.92 Å². The molecule has 1 fully saturated rings. The molecule has 0 aromatic carbocycles. The van der Waals surface area contributed by atoms with Crippen LogP contribution in [0.3, 0.4) is 0 Å². The first-order valence-corrected chi connectivity index (χ1v) is 4.63. The maximum Gasteiger partial charge on any atom is 0.323 e. The molecule has 3 nitrogen and oxygen atoms in total. The summed E-state index contributed by atoms with van der Waals surface area (Å²) in [6.07, 6.45) is 7.30. The molecule has 0 aromatic heterocycles. The van der Waals surface area contributed by atoms with Gasteiger partial charge in [0.1, 0.15) is 6.04 Å². The van der Waals surface area contributed by atoms with E-state index in [2.05, 4.69) is 11.2 Å². The van der Waals surface area contributed by atoms with Crippen molar-refractivity contribution < 1.29 is 9.53 Å². The molecule has 1 N–H and O–H groups in total. The molecule has 1 atom stereocenters. The fraction of sp³-hybridized carbons (Fsp3) is 0.700. The Labute approximate surface area is 78.8 Å². The average Bonchev–Trinajstić information content (AvgIpc) is 2.89. The zero-order valence-corrected chi connectivity index (χ0v) is 7.88. The van der Waals surface area contributed by atoms with Gasteiger partial charge in [0.25, 0.3) is 0 Å². The lowest BCUT2D eigenvalue weighted by Gasteiger charge is -2.14. The lowest BCUT2D eigenvalue weighted by atomic mass is 10.2. The van der Waals surface area contributed by atoms with Gasteiger partial charge in [0.2, 0.25) is 0 Å². The molecule has 1 unspecified atom stereocenters. The third-order valence-corrected chi connectivity index (χ3v) is 2.06. The van der Waals surface area contributed by atoms with Crippen LogP contribution in [0.1, 0.15) is 19.8 Å². The van der Waals surface area contributed by atoms with Crippen LogP contribution in [0.25, 0.3) is 0 Å². The van der Waals surface area contributed by atoms with E-state index < -0.39 is 0 Å². The van der Waals surface area contributed by atoms with Gasteiger partial charge >= 0.3 is 5.97 Å². The number of hydrogen-bond donors (Lipinski definition) is 1. The highest BCUT2D eigenvalue weighted by molar-refractivity contribution is 5.76. The van der Waals surface area contributed by atoms with Crippen molar-refractivity contribution in [3.63, 3.8) is 0 Å². The van der Waals surface area contributed by atoms with Crippen molar-refractivity contribution in [1.29, 1.82) is 0 Å². The monoisotopic (exact) mass is 181 g/mol. The van der Waals surface area contributed by atoms with Crippen LogP contribution in [0.4, 0.5) is 0 Å². The zero-order valence-electron chi connectivity index (χ0n) is 7.88. The quantitative estimate of drug-likeness (QED) is 0.497. The second-order valence-corrected chi connectivity index (χ2v) is 3.15. The summed E-state index contributed by atoms with van der Waals surface area (Å²) in [4.78, 5) is 11.4. The van der Waals surface area contributed by atoms with E-state index in [1.165, 1.54) is 0 Å². The van der Waals surface area contributed by atoms with Gasteiger partial charge in [-0.25, -0.2) is 0 Å². The van der Waals surface area contributed by atoms with Crippen molar-refractivity contribution in [3.05, 3.63) is 0 Å². The Balaban J connectivity index is 2.37. The molecule has 0 heterocycles. The minimum Gasteiger partial charge on any atom is -0.465 e. The number of nitrogens with one attached hydrogen (secondary N) is 1. The summed E-state index contributed by atoms with van der Waals surface area (Å²) in [5.74, 6) is 2.73. The summed E-state index contributed by atoms with van der Waals surface area (Å²) in [5.41, 5.74) is 0. The maximum absolute atomic E-state index is 11.4. The normalized spacial score (nSPS) is 17.5. The Kier molecular flexibility index (Phi) is 3.78. The fourth-order valence-electron chi connectivity index (χ4n) is 1.27. The predicted molar refractivity (Wildman–Crippen MR) is 50.0 cm³/mol. The Hall–Kier alpha value is -1.01. The van der Waals surface area contributed by atoms with Crippen LogP contribution >= 0.6 is 0 Å². The van der Waals surface area contributed by atoms with Gasteiger partial charge in [-0.05, 0) is 25.7 Å². The molecule has 0 saturated heterocycles. The Morgan fingerprint density at radius 2 is 2.46 bits per heavy atom. The Bertz CT molecular complexity index is 215. The maximum atomic E-state index is 11.4. The Morgan fingerprint density at radius 3 is 2.92 bits per heavy atom. The molecular weight excluding hydrogens is 166 g/mol. The molecule has 0 aliphatic heterocycles. The number of carbonyl (C=O) groups excluding carboxylic acids is 1. The van der Waals surface area contributed by atoms with Crippen molar-refractivity contribution in [3.8, 4) is 12.3 Å². The third kappa shape index (κ3) is 3.08. The van der Waals surface area contributed by atoms with Crippen LogP contribution in [-0.2, 0) is 9.53 Å². The molecule has 1 aliphatic carbocycles. The lowest BCUT2D eigenvalue weighted by molar-refractivity contribution is -0.146. The summed E-state index contributed by atoms with van der Waals surface area (Å²) in [6, 6.07) is -0.184. The highest BCUT2D eigenvalue weighted by Crippen LogP contribution is 2.33. The van der Waals surface area contributed by atoms with Crippen LogP contribution in [0.2, 0.25) is 0 Å². The second kappa shape index (κ2) is 4.88. The molecule has 0 spiro atoms. The number of ether oxygens (including phenoxy) is 1. The van der Waals surface area contributed by atoms with Gasteiger partial charge in [0.15, 0.2) is 0 Å². The summed E-state index contributed by atoms with van der Waals surface area (Å²) in [5, 5.41) is 3.01. The number of hydrogen-bond acceptors (Lipinski definition) is 3. The van der Waals surface area contributed by atoms with Gasteiger partial charge in [-0.3, -0.25) is 10.1 Å². The first kappa shape index (κ1) is 10.1. The van der Waals surface area contributed by atoms with Gasteiger partial charge < -0.3 is 4.74 Å².